The predicted octanol–water partition coefficient (Wildman–Crippen LogP) is 2.76. The summed E-state index contributed by atoms with van der Waals surface area (Å²) in [6.07, 6.45) is 7.77. The number of hydrogen-bond donors (Lipinski definition) is 1. The minimum Gasteiger partial charge on any atom is -0.313 e. The van der Waals surface area contributed by atoms with Crippen molar-refractivity contribution in [3.05, 3.63) is 0 Å². The summed E-state index contributed by atoms with van der Waals surface area (Å²) in [6.45, 7) is 6.32. The third-order valence-electron chi connectivity index (χ3n) is 4.17. The van der Waals surface area contributed by atoms with Crippen LogP contribution in [-0.2, 0) is 9.84 Å². The average Bonchev–Trinajstić information content (AvgIpc) is 2.35. The molecule has 0 heterocycles. The van der Waals surface area contributed by atoms with E-state index in [-0.39, 0.29) is 11.0 Å². The molecule has 1 atom stereocenters. The van der Waals surface area contributed by atoms with Gasteiger partial charge in [-0.3, -0.25) is 0 Å². The molecule has 0 radical (unpaired) electrons. The first kappa shape index (κ1) is 16.0. The first-order valence-electron chi connectivity index (χ1n) is 7.42. The Balaban J connectivity index is 2.35. The first-order valence-corrected chi connectivity index (χ1v) is 9.14. The van der Waals surface area contributed by atoms with Crippen LogP contribution in [0.3, 0.4) is 0 Å². The second-order valence-electron chi connectivity index (χ2n) is 5.78. The fourth-order valence-electron chi connectivity index (χ4n) is 2.80. The highest BCUT2D eigenvalue weighted by Crippen LogP contribution is 2.27. The van der Waals surface area contributed by atoms with Gasteiger partial charge in [-0.25, -0.2) is 8.42 Å². The van der Waals surface area contributed by atoms with Gasteiger partial charge in [0.05, 0.1) is 11.0 Å². The molecule has 0 aliphatic heterocycles. The minimum atomic E-state index is -2.90. The lowest BCUT2D eigenvalue weighted by molar-refractivity contribution is 0.266. The SMILES string of the molecule is CCC(NCCS(=O)(=O)C(C)C)C1CCCCC1. The maximum atomic E-state index is 11.7. The van der Waals surface area contributed by atoms with E-state index < -0.39 is 9.84 Å². The lowest BCUT2D eigenvalue weighted by atomic mass is 9.83. The van der Waals surface area contributed by atoms with Crippen LogP contribution in [0.1, 0.15) is 59.3 Å². The lowest BCUT2D eigenvalue weighted by Crippen LogP contribution is -2.39. The molecular formula is C14H29NO2S. The number of sulfone groups is 1. The van der Waals surface area contributed by atoms with Gasteiger partial charge in [0, 0.05) is 12.6 Å². The van der Waals surface area contributed by atoms with Gasteiger partial charge in [0.15, 0.2) is 9.84 Å². The fourth-order valence-corrected chi connectivity index (χ4v) is 3.68. The van der Waals surface area contributed by atoms with Crippen LogP contribution in [0, 0.1) is 5.92 Å². The normalized spacial score (nSPS) is 20.2. The Morgan fingerprint density at radius 2 is 1.78 bits per heavy atom. The van der Waals surface area contributed by atoms with Gasteiger partial charge < -0.3 is 5.32 Å². The highest BCUT2D eigenvalue weighted by Gasteiger charge is 2.22. The van der Waals surface area contributed by atoms with Crippen LogP contribution in [0.25, 0.3) is 0 Å². The molecule has 1 N–H and O–H groups in total. The van der Waals surface area contributed by atoms with Gasteiger partial charge in [0.2, 0.25) is 0 Å². The molecule has 0 aromatic rings. The quantitative estimate of drug-likeness (QED) is 0.777. The van der Waals surface area contributed by atoms with Crippen molar-refractivity contribution in [1.82, 2.24) is 5.32 Å². The van der Waals surface area contributed by atoms with E-state index in [1.807, 2.05) is 0 Å². The Bertz CT molecular complexity index is 319. The Kier molecular flexibility index (Phi) is 6.64. The molecule has 1 aliphatic rings. The lowest BCUT2D eigenvalue weighted by Gasteiger charge is -2.30. The molecule has 0 saturated heterocycles. The smallest absolute Gasteiger partial charge is 0.153 e. The summed E-state index contributed by atoms with van der Waals surface area (Å²) in [6, 6.07) is 0.507. The third kappa shape index (κ3) is 4.88. The van der Waals surface area contributed by atoms with Crippen LogP contribution in [0.4, 0.5) is 0 Å². The van der Waals surface area contributed by atoms with E-state index in [1.165, 1.54) is 32.1 Å². The van der Waals surface area contributed by atoms with Gasteiger partial charge in [-0.1, -0.05) is 26.2 Å². The van der Waals surface area contributed by atoms with Crippen LogP contribution >= 0.6 is 0 Å². The molecule has 3 nitrogen and oxygen atoms in total. The summed E-state index contributed by atoms with van der Waals surface area (Å²) < 4.78 is 23.5. The molecule has 1 rings (SSSR count). The third-order valence-corrected chi connectivity index (χ3v) is 6.38. The maximum Gasteiger partial charge on any atom is 0.153 e. The van der Waals surface area contributed by atoms with Crippen molar-refractivity contribution in [2.24, 2.45) is 5.92 Å². The second-order valence-corrected chi connectivity index (χ2v) is 8.46. The summed E-state index contributed by atoms with van der Waals surface area (Å²) in [5, 5.41) is 3.22. The topological polar surface area (TPSA) is 46.2 Å². The van der Waals surface area contributed by atoms with Crippen molar-refractivity contribution in [2.75, 3.05) is 12.3 Å². The van der Waals surface area contributed by atoms with E-state index in [1.54, 1.807) is 13.8 Å². The summed E-state index contributed by atoms with van der Waals surface area (Å²) >= 11 is 0. The van der Waals surface area contributed by atoms with Gasteiger partial charge in [-0.05, 0) is 39.0 Å². The zero-order chi connectivity index (χ0) is 13.6. The molecule has 1 saturated carbocycles. The van der Waals surface area contributed by atoms with E-state index in [4.69, 9.17) is 0 Å². The number of hydrogen-bond acceptors (Lipinski definition) is 3. The molecule has 18 heavy (non-hydrogen) atoms. The Hall–Kier alpha value is -0.0900. The Morgan fingerprint density at radius 1 is 1.17 bits per heavy atom. The van der Waals surface area contributed by atoms with Crippen LogP contribution < -0.4 is 5.32 Å². The maximum absolute atomic E-state index is 11.7. The number of rotatable bonds is 7. The molecule has 0 aromatic carbocycles. The molecule has 0 aromatic heterocycles. The molecule has 108 valence electrons. The van der Waals surface area contributed by atoms with Gasteiger partial charge in [0.25, 0.3) is 0 Å². The minimum absolute atomic E-state index is 0.256. The van der Waals surface area contributed by atoms with Crippen LogP contribution in [0.5, 0.6) is 0 Å². The monoisotopic (exact) mass is 275 g/mol. The van der Waals surface area contributed by atoms with Crippen molar-refractivity contribution in [2.45, 2.75) is 70.6 Å². The number of nitrogens with one attached hydrogen (secondary N) is 1. The summed E-state index contributed by atoms with van der Waals surface area (Å²) in [4.78, 5) is 0. The molecule has 1 fully saturated rings. The van der Waals surface area contributed by atoms with E-state index in [0.29, 0.717) is 12.6 Å². The summed E-state index contributed by atoms with van der Waals surface area (Å²) in [5.41, 5.74) is 0. The van der Waals surface area contributed by atoms with E-state index in [2.05, 4.69) is 12.2 Å². The van der Waals surface area contributed by atoms with Gasteiger partial charge in [0.1, 0.15) is 0 Å². The molecule has 0 amide bonds. The molecule has 0 spiro atoms. The zero-order valence-electron chi connectivity index (χ0n) is 12.1. The van der Waals surface area contributed by atoms with Crippen molar-refractivity contribution in [1.29, 1.82) is 0 Å². The van der Waals surface area contributed by atoms with Crippen LogP contribution in [0.2, 0.25) is 0 Å². The van der Waals surface area contributed by atoms with E-state index in [9.17, 15) is 8.42 Å². The van der Waals surface area contributed by atoms with E-state index >= 15 is 0 Å². The van der Waals surface area contributed by atoms with Gasteiger partial charge in [-0.15, -0.1) is 0 Å². The second kappa shape index (κ2) is 7.49. The van der Waals surface area contributed by atoms with E-state index in [0.717, 1.165) is 12.3 Å². The van der Waals surface area contributed by atoms with Gasteiger partial charge in [-0.2, -0.15) is 0 Å². The van der Waals surface area contributed by atoms with Gasteiger partial charge >= 0.3 is 0 Å². The fraction of sp³-hybridized carbons (Fsp3) is 1.00. The van der Waals surface area contributed by atoms with Crippen molar-refractivity contribution in [3.8, 4) is 0 Å². The van der Waals surface area contributed by atoms with Crippen molar-refractivity contribution >= 4 is 9.84 Å². The van der Waals surface area contributed by atoms with Crippen LogP contribution in [-0.4, -0.2) is 32.0 Å². The molecule has 1 aliphatic carbocycles. The summed E-state index contributed by atoms with van der Waals surface area (Å²) in [5.74, 6) is 1.03. The predicted molar refractivity (Wildman–Crippen MR) is 77.6 cm³/mol. The van der Waals surface area contributed by atoms with Crippen molar-refractivity contribution < 1.29 is 8.42 Å². The largest absolute Gasteiger partial charge is 0.313 e. The highest BCUT2D eigenvalue weighted by molar-refractivity contribution is 7.92. The Morgan fingerprint density at radius 3 is 2.28 bits per heavy atom. The summed E-state index contributed by atoms with van der Waals surface area (Å²) in [7, 11) is -2.90. The van der Waals surface area contributed by atoms with Crippen LogP contribution in [0.15, 0.2) is 0 Å². The highest BCUT2D eigenvalue weighted by atomic mass is 32.2. The zero-order valence-corrected chi connectivity index (χ0v) is 12.9. The standard InChI is InChI=1S/C14H29NO2S/c1-4-14(13-8-6-5-7-9-13)15-10-11-18(16,17)12(2)3/h12-15H,4-11H2,1-3H3. The molecule has 4 heteroatoms. The molecule has 1 unspecified atom stereocenters. The molecule has 0 bridgehead atoms. The van der Waals surface area contributed by atoms with Crippen molar-refractivity contribution in [3.63, 3.8) is 0 Å². The molecular weight excluding hydrogens is 246 g/mol. The Labute approximate surface area is 113 Å². The average molecular weight is 275 g/mol. The first-order chi connectivity index (χ1) is 8.47.